The SMILES string of the molecule is COCCNC(=O)c1ccccc1NS(=O)(=O)Cc1ccc(C(=O)OC)cc1. The lowest BCUT2D eigenvalue weighted by molar-refractivity contribution is 0.0600. The molecule has 0 saturated carbocycles. The third kappa shape index (κ3) is 6.07. The molecule has 0 saturated heterocycles. The summed E-state index contributed by atoms with van der Waals surface area (Å²) in [5.41, 5.74) is 1.21. The van der Waals surface area contributed by atoms with Crippen LogP contribution in [0.25, 0.3) is 0 Å². The first-order chi connectivity index (χ1) is 13.4. The van der Waals surface area contributed by atoms with Gasteiger partial charge in [0.05, 0.1) is 36.3 Å². The quantitative estimate of drug-likeness (QED) is 0.485. The van der Waals surface area contributed by atoms with Gasteiger partial charge in [0.25, 0.3) is 5.91 Å². The number of benzene rings is 2. The van der Waals surface area contributed by atoms with E-state index in [1.165, 1.54) is 50.6 Å². The highest BCUT2D eigenvalue weighted by atomic mass is 32.2. The fourth-order valence-electron chi connectivity index (χ4n) is 2.41. The van der Waals surface area contributed by atoms with Crippen LogP contribution in [0.15, 0.2) is 48.5 Å². The monoisotopic (exact) mass is 406 g/mol. The molecule has 0 aliphatic rings. The van der Waals surface area contributed by atoms with Crippen LogP contribution in [0.2, 0.25) is 0 Å². The minimum atomic E-state index is -3.78. The van der Waals surface area contributed by atoms with Gasteiger partial charge >= 0.3 is 5.97 Å². The Hall–Kier alpha value is -2.91. The van der Waals surface area contributed by atoms with Gasteiger partial charge in [-0.25, -0.2) is 13.2 Å². The van der Waals surface area contributed by atoms with Crippen LogP contribution in [-0.4, -0.2) is 47.7 Å². The number of hydrogen-bond donors (Lipinski definition) is 2. The Labute approximate surface area is 163 Å². The topological polar surface area (TPSA) is 111 Å². The molecule has 2 aromatic carbocycles. The molecule has 8 nitrogen and oxygen atoms in total. The van der Waals surface area contributed by atoms with Crippen LogP contribution in [0.5, 0.6) is 0 Å². The molecule has 0 unspecified atom stereocenters. The molecule has 0 aromatic heterocycles. The molecule has 0 radical (unpaired) electrons. The summed E-state index contributed by atoms with van der Waals surface area (Å²) >= 11 is 0. The number of sulfonamides is 1. The van der Waals surface area contributed by atoms with Crippen molar-refractivity contribution in [2.45, 2.75) is 5.75 Å². The predicted molar refractivity (Wildman–Crippen MR) is 105 cm³/mol. The third-order valence-corrected chi connectivity index (χ3v) is 5.00. The molecular formula is C19H22N2O6S. The molecule has 0 heterocycles. The Bertz CT molecular complexity index is 926. The average Bonchev–Trinajstić information content (AvgIpc) is 2.67. The largest absolute Gasteiger partial charge is 0.465 e. The van der Waals surface area contributed by atoms with E-state index in [2.05, 4.69) is 14.8 Å². The van der Waals surface area contributed by atoms with E-state index < -0.39 is 21.9 Å². The number of nitrogens with one attached hydrogen (secondary N) is 2. The Balaban J connectivity index is 2.12. The van der Waals surface area contributed by atoms with Crippen molar-refractivity contribution in [3.05, 3.63) is 65.2 Å². The fraction of sp³-hybridized carbons (Fsp3) is 0.263. The molecule has 150 valence electrons. The van der Waals surface area contributed by atoms with Gasteiger partial charge in [-0.1, -0.05) is 24.3 Å². The number of para-hydroxylation sites is 1. The van der Waals surface area contributed by atoms with Gasteiger partial charge in [-0.3, -0.25) is 9.52 Å². The molecule has 9 heteroatoms. The molecule has 2 N–H and O–H groups in total. The summed E-state index contributed by atoms with van der Waals surface area (Å²) in [6.45, 7) is 0.657. The van der Waals surface area contributed by atoms with Crippen molar-refractivity contribution in [1.82, 2.24) is 5.32 Å². The number of esters is 1. The molecule has 28 heavy (non-hydrogen) atoms. The molecule has 2 rings (SSSR count). The van der Waals surface area contributed by atoms with E-state index in [4.69, 9.17) is 4.74 Å². The Morgan fingerprint density at radius 2 is 1.68 bits per heavy atom. The van der Waals surface area contributed by atoms with Gasteiger partial charge < -0.3 is 14.8 Å². The van der Waals surface area contributed by atoms with Crippen molar-refractivity contribution >= 4 is 27.6 Å². The van der Waals surface area contributed by atoms with Crippen molar-refractivity contribution in [2.75, 3.05) is 32.1 Å². The van der Waals surface area contributed by atoms with Crippen LogP contribution >= 0.6 is 0 Å². The minimum Gasteiger partial charge on any atom is -0.465 e. The zero-order chi connectivity index (χ0) is 20.6. The van der Waals surface area contributed by atoms with E-state index in [0.717, 1.165) is 0 Å². The number of ether oxygens (including phenoxy) is 2. The number of rotatable bonds is 9. The Kier molecular flexibility index (Phi) is 7.53. The van der Waals surface area contributed by atoms with Gasteiger partial charge in [0.2, 0.25) is 10.0 Å². The molecule has 0 atom stereocenters. The fourth-order valence-corrected chi connectivity index (χ4v) is 3.63. The van der Waals surface area contributed by atoms with Gasteiger partial charge in [-0.15, -0.1) is 0 Å². The Morgan fingerprint density at radius 1 is 1.00 bits per heavy atom. The van der Waals surface area contributed by atoms with Crippen LogP contribution < -0.4 is 10.0 Å². The lowest BCUT2D eigenvalue weighted by Crippen LogP contribution is -2.28. The lowest BCUT2D eigenvalue weighted by atomic mass is 10.1. The number of methoxy groups -OCH3 is 2. The normalized spacial score (nSPS) is 10.9. The van der Waals surface area contributed by atoms with Gasteiger partial charge in [-0.2, -0.15) is 0 Å². The maximum absolute atomic E-state index is 12.5. The second kappa shape index (κ2) is 9.86. The summed E-state index contributed by atoms with van der Waals surface area (Å²) in [7, 11) is -0.987. The first kappa shape index (κ1) is 21.4. The zero-order valence-corrected chi connectivity index (χ0v) is 16.4. The van der Waals surface area contributed by atoms with Gasteiger partial charge in [0.15, 0.2) is 0 Å². The summed E-state index contributed by atoms with van der Waals surface area (Å²) in [5, 5.41) is 2.66. The molecule has 1 amide bonds. The summed E-state index contributed by atoms with van der Waals surface area (Å²) in [5.74, 6) is -1.22. The predicted octanol–water partition coefficient (Wildman–Crippen LogP) is 1.79. The maximum Gasteiger partial charge on any atom is 0.337 e. The van der Waals surface area contributed by atoms with Crippen LogP contribution in [-0.2, 0) is 25.2 Å². The molecule has 0 fully saturated rings. The van der Waals surface area contributed by atoms with Gasteiger partial charge in [0.1, 0.15) is 0 Å². The van der Waals surface area contributed by atoms with Crippen LogP contribution in [0, 0.1) is 0 Å². The number of carbonyl (C=O) groups excluding carboxylic acids is 2. The minimum absolute atomic E-state index is 0.184. The van der Waals surface area contributed by atoms with Gasteiger partial charge in [0, 0.05) is 13.7 Å². The van der Waals surface area contributed by atoms with Crippen LogP contribution in [0.1, 0.15) is 26.3 Å². The Morgan fingerprint density at radius 3 is 2.32 bits per heavy atom. The number of carbonyl (C=O) groups is 2. The van der Waals surface area contributed by atoms with E-state index in [-0.39, 0.29) is 17.0 Å². The molecule has 0 bridgehead atoms. The second-order valence-corrected chi connectivity index (χ2v) is 7.57. The lowest BCUT2D eigenvalue weighted by Gasteiger charge is -2.13. The standard InChI is InChI=1S/C19H22N2O6S/c1-26-12-11-20-18(22)16-5-3-4-6-17(16)21-28(24,25)13-14-7-9-15(10-8-14)19(23)27-2/h3-10,21H,11-13H2,1-2H3,(H,20,22). The van der Waals surface area contributed by atoms with Crippen molar-refractivity contribution in [3.8, 4) is 0 Å². The van der Waals surface area contributed by atoms with E-state index in [1.54, 1.807) is 12.1 Å². The number of anilines is 1. The summed E-state index contributed by atoms with van der Waals surface area (Å²) in [4.78, 5) is 23.7. The van der Waals surface area contributed by atoms with E-state index in [1.807, 2.05) is 0 Å². The van der Waals surface area contributed by atoms with E-state index in [9.17, 15) is 18.0 Å². The highest BCUT2D eigenvalue weighted by Crippen LogP contribution is 2.18. The average molecular weight is 406 g/mol. The third-order valence-electron chi connectivity index (χ3n) is 3.76. The molecule has 0 aliphatic heterocycles. The maximum atomic E-state index is 12.5. The van der Waals surface area contributed by atoms with E-state index >= 15 is 0 Å². The smallest absolute Gasteiger partial charge is 0.337 e. The molecular weight excluding hydrogens is 384 g/mol. The van der Waals surface area contributed by atoms with Crippen molar-refractivity contribution in [2.24, 2.45) is 0 Å². The van der Waals surface area contributed by atoms with Crippen LogP contribution in [0.4, 0.5) is 5.69 Å². The van der Waals surface area contributed by atoms with Crippen molar-refractivity contribution < 1.29 is 27.5 Å². The summed E-state index contributed by atoms with van der Waals surface area (Å²) in [6, 6.07) is 12.4. The number of hydrogen-bond acceptors (Lipinski definition) is 6. The van der Waals surface area contributed by atoms with Crippen molar-refractivity contribution in [3.63, 3.8) is 0 Å². The first-order valence-electron chi connectivity index (χ1n) is 8.40. The van der Waals surface area contributed by atoms with E-state index in [0.29, 0.717) is 24.3 Å². The van der Waals surface area contributed by atoms with Crippen molar-refractivity contribution in [1.29, 1.82) is 0 Å². The van der Waals surface area contributed by atoms with Crippen LogP contribution in [0.3, 0.4) is 0 Å². The summed E-state index contributed by atoms with van der Waals surface area (Å²) in [6.07, 6.45) is 0. The molecule has 0 aliphatic carbocycles. The zero-order valence-electron chi connectivity index (χ0n) is 15.6. The molecule has 0 spiro atoms. The second-order valence-electron chi connectivity index (χ2n) is 5.84. The highest BCUT2D eigenvalue weighted by molar-refractivity contribution is 7.91. The molecule has 2 aromatic rings. The van der Waals surface area contributed by atoms with Gasteiger partial charge in [-0.05, 0) is 29.8 Å². The first-order valence-corrected chi connectivity index (χ1v) is 10.1. The number of amides is 1. The highest BCUT2D eigenvalue weighted by Gasteiger charge is 2.17. The summed E-state index contributed by atoms with van der Waals surface area (Å²) < 4.78 is 37.0.